The predicted molar refractivity (Wildman–Crippen MR) is 101 cm³/mol. The van der Waals surface area contributed by atoms with Gasteiger partial charge in [0.25, 0.3) is 0 Å². The van der Waals surface area contributed by atoms with Gasteiger partial charge in [-0.05, 0) is 47.4 Å². The standard InChI is InChI=1S/C21H24O5/c1-15(2)17-6-8-18(9-7-17)25-12-13-26-20-14-16(5-11-21(22)23)4-10-19(20)24-3/h4-11,14-15H,12-13H2,1-3H3,(H,22,23). The summed E-state index contributed by atoms with van der Waals surface area (Å²) in [6.07, 6.45) is 2.58. The number of rotatable bonds is 9. The van der Waals surface area contributed by atoms with Crippen LogP contribution >= 0.6 is 0 Å². The third-order valence-corrected chi connectivity index (χ3v) is 3.76. The van der Waals surface area contributed by atoms with Gasteiger partial charge in [0, 0.05) is 6.08 Å². The Kier molecular flexibility index (Phi) is 7.09. The molecule has 0 atom stereocenters. The fraction of sp³-hybridized carbons (Fsp3) is 0.286. The Hall–Kier alpha value is -2.95. The molecule has 0 saturated heterocycles. The van der Waals surface area contributed by atoms with Gasteiger partial charge in [0.1, 0.15) is 19.0 Å². The third-order valence-electron chi connectivity index (χ3n) is 3.76. The van der Waals surface area contributed by atoms with Crippen LogP contribution in [0.2, 0.25) is 0 Å². The topological polar surface area (TPSA) is 65.0 Å². The first kappa shape index (κ1) is 19.4. The number of carboxylic acid groups (broad SMARTS) is 1. The largest absolute Gasteiger partial charge is 0.493 e. The van der Waals surface area contributed by atoms with Crippen LogP contribution in [0, 0.1) is 0 Å². The molecule has 2 rings (SSSR count). The lowest BCUT2D eigenvalue weighted by molar-refractivity contribution is -0.131. The highest BCUT2D eigenvalue weighted by Crippen LogP contribution is 2.28. The molecule has 5 nitrogen and oxygen atoms in total. The van der Waals surface area contributed by atoms with E-state index in [4.69, 9.17) is 19.3 Å². The predicted octanol–water partition coefficient (Wildman–Crippen LogP) is 4.37. The molecule has 2 aromatic carbocycles. The van der Waals surface area contributed by atoms with E-state index in [0.29, 0.717) is 36.2 Å². The van der Waals surface area contributed by atoms with Crippen molar-refractivity contribution in [3.8, 4) is 17.2 Å². The SMILES string of the molecule is COc1ccc(C=CC(=O)O)cc1OCCOc1ccc(C(C)C)cc1. The molecule has 26 heavy (non-hydrogen) atoms. The molecule has 2 aromatic rings. The molecule has 0 aliphatic heterocycles. The van der Waals surface area contributed by atoms with Crippen molar-refractivity contribution in [3.05, 3.63) is 59.7 Å². The summed E-state index contributed by atoms with van der Waals surface area (Å²) in [5.41, 5.74) is 1.98. The molecule has 0 fully saturated rings. The molecule has 0 amide bonds. The summed E-state index contributed by atoms with van der Waals surface area (Å²) in [5, 5.41) is 8.71. The minimum atomic E-state index is -1.000. The van der Waals surface area contributed by atoms with Gasteiger partial charge in [-0.1, -0.05) is 32.0 Å². The van der Waals surface area contributed by atoms with Crippen LogP contribution in [0.3, 0.4) is 0 Å². The van der Waals surface area contributed by atoms with Crippen LogP contribution in [0.1, 0.15) is 30.9 Å². The fourth-order valence-corrected chi connectivity index (χ4v) is 2.34. The Bertz CT molecular complexity index is 747. The molecule has 0 radical (unpaired) electrons. The lowest BCUT2D eigenvalue weighted by Crippen LogP contribution is -2.09. The Labute approximate surface area is 153 Å². The molecule has 0 aromatic heterocycles. The maximum Gasteiger partial charge on any atom is 0.328 e. The Balaban J connectivity index is 1.91. The second kappa shape index (κ2) is 9.51. The van der Waals surface area contributed by atoms with Gasteiger partial charge in [-0.15, -0.1) is 0 Å². The third kappa shape index (κ3) is 5.84. The summed E-state index contributed by atoms with van der Waals surface area (Å²) in [4.78, 5) is 10.6. The Morgan fingerprint density at radius 2 is 1.73 bits per heavy atom. The van der Waals surface area contributed by atoms with E-state index in [2.05, 4.69) is 26.0 Å². The van der Waals surface area contributed by atoms with Gasteiger partial charge in [-0.25, -0.2) is 4.79 Å². The van der Waals surface area contributed by atoms with Crippen LogP contribution in [-0.4, -0.2) is 31.4 Å². The monoisotopic (exact) mass is 356 g/mol. The van der Waals surface area contributed by atoms with Crippen molar-refractivity contribution in [2.75, 3.05) is 20.3 Å². The molecule has 0 heterocycles. The molecule has 0 aliphatic rings. The van der Waals surface area contributed by atoms with Gasteiger partial charge >= 0.3 is 5.97 Å². The highest BCUT2D eigenvalue weighted by molar-refractivity contribution is 5.85. The number of ether oxygens (including phenoxy) is 3. The summed E-state index contributed by atoms with van der Waals surface area (Å²) >= 11 is 0. The zero-order valence-corrected chi connectivity index (χ0v) is 15.3. The quantitative estimate of drug-likeness (QED) is 0.534. The van der Waals surface area contributed by atoms with E-state index < -0.39 is 5.97 Å². The molecule has 0 unspecified atom stereocenters. The van der Waals surface area contributed by atoms with Gasteiger partial charge in [0.15, 0.2) is 11.5 Å². The first-order valence-corrected chi connectivity index (χ1v) is 8.44. The average molecular weight is 356 g/mol. The number of carbonyl (C=O) groups is 1. The minimum absolute atomic E-state index is 0.342. The lowest BCUT2D eigenvalue weighted by Gasteiger charge is -2.12. The molecule has 0 spiro atoms. The second-order valence-electron chi connectivity index (χ2n) is 6.00. The van der Waals surface area contributed by atoms with Crippen molar-refractivity contribution in [3.63, 3.8) is 0 Å². The molecule has 5 heteroatoms. The maximum atomic E-state index is 10.6. The number of carboxylic acids is 1. The van der Waals surface area contributed by atoms with Crippen LogP contribution in [0.15, 0.2) is 48.5 Å². The summed E-state index contributed by atoms with van der Waals surface area (Å²) in [7, 11) is 1.56. The smallest absolute Gasteiger partial charge is 0.328 e. The first-order chi connectivity index (χ1) is 12.5. The van der Waals surface area contributed by atoms with Crippen molar-refractivity contribution in [2.45, 2.75) is 19.8 Å². The molecule has 0 aliphatic carbocycles. The molecular formula is C21H24O5. The summed E-state index contributed by atoms with van der Waals surface area (Å²) in [6.45, 7) is 5.03. The number of benzene rings is 2. The number of aliphatic carboxylic acids is 1. The first-order valence-electron chi connectivity index (χ1n) is 8.44. The second-order valence-corrected chi connectivity index (χ2v) is 6.00. The van der Waals surface area contributed by atoms with E-state index >= 15 is 0 Å². The van der Waals surface area contributed by atoms with Gasteiger partial charge < -0.3 is 19.3 Å². The van der Waals surface area contributed by atoms with Crippen molar-refractivity contribution in [2.24, 2.45) is 0 Å². The maximum absolute atomic E-state index is 10.6. The van der Waals surface area contributed by atoms with E-state index in [1.165, 1.54) is 11.6 Å². The average Bonchev–Trinajstić information content (AvgIpc) is 2.64. The van der Waals surface area contributed by atoms with Crippen LogP contribution in [0.4, 0.5) is 0 Å². The van der Waals surface area contributed by atoms with E-state index in [9.17, 15) is 4.79 Å². The van der Waals surface area contributed by atoms with E-state index in [1.54, 1.807) is 25.3 Å². The fourth-order valence-electron chi connectivity index (χ4n) is 2.34. The summed E-state index contributed by atoms with van der Waals surface area (Å²) in [6, 6.07) is 13.3. The number of hydrogen-bond donors (Lipinski definition) is 1. The van der Waals surface area contributed by atoms with Crippen LogP contribution in [-0.2, 0) is 4.79 Å². The molecular weight excluding hydrogens is 332 g/mol. The summed E-state index contributed by atoms with van der Waals surface area (Å²) in [5.74, 6) is 1.41. The molecule has 138 valence electrons. The lowest BCUT2D eigenvalue weighted by atomic mass is 10.0. The van der Waals surface area contributed by atoms with Crippen molar-refractivity contribution >= 4 is 12.0 Å². The van der Waals surface area contributed by atoms with Gasteiger partial charge in [-0.3, -0.25) is 0 Å². The minimum Gasteiger partial charge on any atom is -0.493 e. The van der Waals surface area contributed by atoms with E-state index in [1.807, 2.05) is 12.1 Å². The number of hydrogen-bond acceptors (Lipinski definition) is 4. The highest BCUT2D eigenvalue weighted by Gasteiger charge is 2.06. The van der Waals surface area contributed by atoms with Crippen molar-refractivity contribution in [1.82, 2.24) is 0 Å². The number of methoxy groups -OCH3 is 1. The van der Waals surface area contributed by atoms with E-state index in [0.717, 1.165) is 11.8 Å². The van der Waals surface area contributed by atoms with Gasteiger partial charge in [0.05, 0.1) is 7.11 Å². The van der Waals surface area contributed by atoms with Crippen LogP contribution < -0.4 is 14.2 Å². The molecule has 0 saturated carbocycles. The van der Waals surface area contributed by atoms with Crippen molar-refractivity contribution in [1.29, 1.82) is 0 Å². The summed E-state index contributed by atoms with van der Waals surface area (Å²) < 4.78 is 16.7. The molecule has 1 N–H and O–H groups in total. The zero-order chi connectivity index (χ0) is 18.9. The Morgan fingerprint density at radius 3 is 2.35 bits per heavy atom. The molecule has 0 bridgehead atoms. The van der Waals surface area contributed by atoms with E-state index in [-0.39, 0.29) is 0 Å². The van der Waals surface area contributed by atoms with Gasteiger partial charge in [-0.2, -0.15) is 0 Å². The van der Waals surface area contributed by atoms with Crippen LogP contribution in [0.25, 0.3) is 6.08 Å². The van der Waals surface area contributed by atoms with Gasteiger partial charge in [0.2, 0.25) is 0 Å². The Morgan fingerprint density at radius 1 is 1.04 bits per heavy atom. The van der Waals surface area contributed by atoms with Crippen molar-refractivity contribution < 1.29 is 24.1 Å². The van der Waals surface area contributed by atoms with Crippen LogP contribution in [0.5, 0.6) is 17.2 Å². The normalized spacial score (nSPS) is 10.9. The zero-order valence-electron chi connectivity index (χ0n) is 15.3. The highest BCUT2D eigenvalue weighted by atomic mass is 16.5.